The zero-order chi connectivity index (χ0) is 22.2. The van der Waals surface area contributed by atoms with Crippen LogP contribution in [-0.2, 0) is 4.79 Å². The average Bonchev–Trinajstić information content (AvgIpc) is 3.16. The molecule has 170 valence electrons. The van der Waals surface area contributed by atoms with E-state index in [2.05, 4.69) is 10.5 Å². The Bertz CT molecular complexity index is 1210. The molecule has 2 aliphatic carbocycles. The number of aromatic nitrogens is 2. The number of benzene rings is 1. The summed E-state index contributed by atoms with van der Waals surface area (Å²) in [6, 6.07) is 6.00. The van der Waals surface area contributed by atoms with Gasteiger partial charge in [0.2, 0.25) is 5.91 Å². The van der Waals surface area contributed by atoms with Crippen LogP contribution in [0.5, 0.6) is 0 Å². The molecule has 2 fully saturated rings. The van der Waals surface area contributed by atoms with Crippen LogP contribution >= 0.6 is 11.6 Å². The second-order valence-electron chi connectivity index (χ2n) is 9.56. The number of halogens is 1. The molecule has 0 unspecified atom stereocenters. The van der Waals surface area contributed by atoms with Gasteiger partial charge in [-0.3, -0.25) is 9.59 Å². The van der Waals surface area contributed by atoms with Crippen LogP contribution in [0.25, 0.3) is 21.8 Å². The van der Waals surface area contributed by atoms with Gasteiger partial charge in [-0.15, -0.1) is 0 Å². The second kappa shape index (κ2) is 8.89. The van der Waals surface area contributed by atoms with E-state index in [1.807, 2.05) is 22.8 Å². The topological polar surface area (TPSA) is 77.1 Å². The lowest BCUT2D eigenvalue weighted by molar-refractivity contribution is -0.123. The maximum atomic E-state index is 13.6. The molecule has 2 atom stereocenters. The number of pyridine rings is 1. The van der Waals surface area contributed by atoms with Crippen LogP contribution in [0.4, 0.5) is 0 Å². The number of rotatable bonds is 4. The Labute approximate surface area is 192 Å². The van der Waals surface area contributed by atoms with Crippen LogP contribution in [-0.4, -0.2) is 21.7 Å². The zero-order valence-electron chi connectivity index (χ0n) is 18.5. The third-order valence-corrected chi connectivity index (χ3v) is 7.66. The van der Waals surface area contributed by atoms with E-state index in [9.17, 15) is 9.59 Å². The van der Waals surface area contributed by atoms with E-state index >= 15 is 0 Å². The van der Waals surface area contributed by atoms with Crippen molar-refractivity contribution in [3.63, 3.8) is 0 Å². The SMILES string of the molecule is Cc1onc2c1c(=O)n([C@H]1CCC[C@@H](CC(=O)NC3CCCCC3)C1)c1cccc(Cl)c21. The number of hydrogen-bond acceptors (Lipinski definition) is 4. The predicted molar refractivity (Wildman–Crippen MR) is 126 cm³/mol. The van der Waals surface area contributed by atoms with Gasteiger partial charge in [-0.05, 0) is 57.1 Å². The Morgan fingerprint density at radius 1 is 1.16 bits per heavy atom. The highest BCUT2D eigenvalue weighted by Gasteiger charge is 2.29. The standard InChI is InChI=1S/C25H30ClN3O3/c1-15-22-24(28-32-15)23-19(26)11-6-12-20(23)29(25(22)31)18-10-5-7-16(13-18)14-21(30)27-17-8-3-2-4-9-17/h6,11-12,16-18H,2-5,7-10,13-14H2,1H3,(H,27,30)/t16-,18+/m1/s1. The van der Waals surface area contributed by atoms with Gasteiger partial charge < -0.3 is 14.4 Å². The van der Waals surface area contributed by atoms with Crippen molar-refractivity contribution in [3.05, 3.63) is 39.3 Å². The molecule has 2 heterocycles. The van der Waals surface area contributed by atoms with Gasteiger partial charge in [0.1, 0.15) is 16.7 Å². The number of carbonyl (C=O) groups is 1. The lowest BCUT2D eigenvalue weighted by Crippen LogP contribution is -2.38. The summed E-state index contributed by atoms with van der Waals surface area (Å²) in [7, 11) is 0. The summed E-state index contributed by atoms with van der Waals surface area (Å²) in [6.07, 6.45) is 10.2. The first-order chi connectivity index (χ1) is 15.5. The highest BCUT2D eigenvalue weighted by molar-refractivity contribution is 6.37. The second-order valence-corrected chi connectivity index (χ2v) is 9.97. The van der Waals surface area contributed by atoms with E-state index in [0.717, 1.165) is 49.4 Å². The van der Waals surface area contributed by atoms with Gasteiger partial charge in [0, 0.05) is 23.9 Å². The molecular formula is C25H30ClN3O3. The van der Waals surface area contributed by atoms with Crippen LogP contribution in [0.2, 0.25) is 5.02 Å². The number of fused-ring (bicyclic) bond motifs is 3. The quantitative estimate of drug-likeness (QED) is 0.549. The van der Waals surface area contributed by atoms with Crippen molar-refractivity contribution in [2.45, 2.75) is 83.2 Å². The Morgan fingerprint density at radius 3 is 2.78 bits per heavy atom. The van der Waals surface area contributed by atoms with E-state index in [-0.39, 0.29) is 23.4 Å². The van der Waals surface area contributed by atoms with Crippen molar-refractivity contribution in [1.82, 2.24) is 15.0 Å². The molecule has 0 radical (unpaired) electrons. The molecule has 32 heavy (non-hydrogen) atoms. The largest absolute Gasteiger partial charge is 0.360 e. The van der Waals surface area contributed by atoms with Crippen LogP contribution in [0.1, 0.15) is 76.0 Å². The first-order valence-electron chi connectivity index (χ1n) is 11.9. The number of nitrogens with one attached hydrogen (secondary N) is 1. The lowest BCUT2D eigenvalue weighted by Gasteiger charge is -2.32. The minimum atomic E-state index is -0.0779. The van der Waals surface area contributed by atoms with Crippen LogP contribution in [0.3, 0.4) is 0 Å². The van der Waals surface area contributed by atoms with E-state index in [1.54, 1.807) is 6.92 Å². The molecule has 1 N–H and O–H groups in total. The van der Waals surface area contributed by atoms with Crippen molar-refractivity contribution in [3.8, 4) is 0 Å². The molecule has 2 aliphatic rings. The van der Waals surface area contributed by atoms with Crippen molar-refractivity contribution < 1.29 is 9.32 Å². The fourth-order valence-corrected chi connectivity index (χ4v) is 6.07. The van der Waals surface area contributed by atoms with E-state index in [0.29, 0.717) is 34.1 Å². The summed E-state index contributed by atoms with van der Waals surface area (Å²) in [5, 5.41) is 9.22. The Balaban J connectivity index is 1.44. The lowest BCUT2D eigenvalue weighted by atomic mass is 9.83. The minimum absolute atomic E-state index is 0.0309. The minimum Gasteiger partial charge on any atom is -0.360 e. The summed E-state index contributed by atoms with van der Waals surface area (Å²) in [5.74, 6) is 0.950. The third-order valence-electron chi connectivity index (χ3n) is 7.35. The number of aryl methyl sites for hydroxylation is 1. The van der Waals surface area contributed by atoms with Gasteiger partial charge in [-0.2, -0.15) is 0 Å². The van der Waals surface area contributed by atoms with Gasteiger partial charge >= 0.3 is 0 Å². The molecule has 6 nitrogen and oxygen atoms in total. The number of nitrogens with zero attached hydrogens (tertiary/aromatic N) is 2. The smallest absolute Gasteiger partial charge is 0.264 e. The van der Waals surface area contributed by atoms with Crippen LogP contribution in [0.15, 0.2) is 27.5 Å². The fourth-order valence-electron chi connectivity index (χ4n) is 5.81. The average molecular weight is 456 g/mol. The first-order valence-corrected chi connectivity index (χ1v) is 12.3. The van der Waals surface area contributed by atoms with Crippen LogP contribution < -0.4 is 10.9 Å². The molecule has 3 aromatic rings. The number of amides is 1. The summed E-state index contributed by atoms with van der Waals surface area (Å²) in [4.78, 5) is 26.3. The van der Waals surface area contributed by atoms with Gasteiger partial charge in [-0.1, -0.05) is 48.5 Å². The number of carbonyl (C=O) groups excluding carboxylic acids is 1. The fraction of sp³-hybridized carbons (Fsp3) is 0.560. The predicted octanol–water partition coefficient (Wildman–Crippen LogP) is 5.67. The molecular weight excluding hydrogens is 426 g/mol. The summed E-state index contributed by atoms with van der Waals surface area (Å²) < 4.78 is 7.26. The Morgan fingerprint density at radius 2 is 1.97 bits per heavy atom. The van der Waals surface area contributed by atoms with E-state index in [4.69, 9.17) is 16.1 Å². The van der Waals surface area contributed by atoms with Gasteiger partial charge in [0.05, 0.1) is 10.5 Å². The zero-order valence-corrected chi connectivity index (χ0v) is 19.3. The molecule has 2 aromatic heterocycles. The molecule has 0 spiro atoms. The highest BCUT2D eigenvalue weighted by Crippen LogP contribution is 2.38. The van der Waals surface area contributed by atoms with Gasteiger partial charge in [0.15, 0.2) is 0 Å². The van der Waals surface area contributed by atoms with E-state index in [1.165, 1.54) is 19.3 Å². The summed E-state index contributed by atoms with van der Waals surface area (Å²) >= 11 is 6.55. The maximum Gasteiger partial charge on any atom is 0.264 e. The summed E-state index contributed by atoms with van der Waals surface area (Å²) in [5.41, 5.74) is 1.25. The van der Waals surface area contributed by atoms with Crippen molar-refractivity contribution >= 4 is 39.3 Å². The molecule has 0 bridgehead atoms. The molecule has 0 saturated heterocycles. The molecule has 1 aromatic carbocycles. The first kappa shape index (κ1) is 21.5. The van der Waals surface area contributed by atoms with E-state index < -0.39 is 0 Å². The van der Waals surface area contributed by atoms with Gasteiger partial charge in [0.25, 0.3) is 5.56 Å². The van der Waals surface area contributed by atoms with Crippen molar-refractivity contribution in [2.75, 3.05) is 0 Å². The molecule has 1 amide bonds. The highest BCUT2D eigenvalue weighted by atomic mass is 35.5. The van der Waals surface area contributed by atoms with Crippen molar-refractivity contribution in [2.24, 2.45) is 5.92 Å². The molecule has 0 aliphatic heterocycles. The Kier molecular flexibility index (Phi) is 5.97. The normalized spacial score (nSPS) is 22.4. The maximum absolute atomic E-state index is 13.6. The molecule has 2 saturated carbocycles. The molecule has 5 rings (SSSR count). The molecule has 7 heteroatoms. The summed E-state index contributed by atoms with van der Waals surface area (Å²) in [6.45, 7) is 1.77. The Hall–Kier alpha value is -2.34. The monoisotopic (exact) mass is 455 g/mol. The van der Waals surface area contributed by atoms with Crippen molar-refractivity contribution in [1.29, 1.82) is 0 Å². The number of hydrogen-bond donors (Lipinski definition) is 1. The van der Waals surface area contributed by atoms with Crippen LogP contribution in [0, 0.1) is 12.8 Å². The van der Waals surface area contributed by atoms with Gasteiger partial charge in [-0.25, -0.2) is 0 Å². The third kappa shape index (κ3) is 3.94.